The van der Waals surface area contributed by atoms with E-state index in [0.29, 0.717) is 57.5 Å². The zero-order valence-corrected chi connectivity index (χ0v) is 23.4. The van der Waals surface area contributed by atoms with Crippen LogP contribution in [0.4, 0.5) is 0 Å². The predicted octanol–water partition coefficient (Wildman–Crippen LogP) is 6.41. The maximum absolute atomic E-state index is 13.7. The summed E-state index contributed by atoms with van der Waals surface area (Å²) in [5, 5.41) is 1.72. The molecule has 0 spiro atoms. The summed E-state index contributed by atoms with van der Waals surface area (Å²) in [4.78, 5) is 17.8. The second-order valence-corrected chi connectivity index (χ2v) is 10.3. The molecule has 6 nitrogen and oxygen atoms in total. The minimum atomic E-state index is -0.108. The number of likely N-dealkylation sites (tertiary alicyclic amines) is 1. The van der Waals surface area contributed by atoms with Crippen LogP contribution in [-0.4, -0.2) is 63.2 Å². The van der Waals surface area contributed by atoms with Gasteiger partial charge in [0, 0.05) is 42.2 Å². The molecule has 0 aromatic heterocycles. The van der Waals surface area contributed by atoms with Crippen LogP contribution in [0.15, 0.2) is 54.6 Å². The zero-order chi connectivity index (χ0) is 26.7. The summed E-state index contributed by atoms with van der Waals surface area (Å²) in [6.45, 7) is 1.74. The number of rotatable bonds is 8. The molecule has 0 saturated carbocycles. The second kappa shape index (κ2) is 11.8. The lowest BCUT2D eigenvalue weighted by molar-refractivity contribution is 0.0778. The van der Waals surface area contributed by atoms with E-state index in [1.165, 1.54) is 21.3 Å². The summed E-state index contributed by atoms with van der Waals surface area (Å²) in [5.74, 6) is 1.29. The Balaban J connectivity index is 1.64. The van der Waals surface area contributed by atoms with Crippen LogP contribution in [0, 0.1) is 0 Å². The number of carbonyl (C=O) groups is 1. The Morgan fingerprint density at radius 3 is 2.11 bits per heavy atom. The van der Waals surface area contributed by atoms with E-state index in [4.69, 9.17) is 49.0 Å². The Bertz CT molecular complexity index is 1240. The third-order valence-corrected chi connectivity index (χ3v) is 7.76. The molecule has 2 atom stereocenters. The van der Waals surface area contributed by atoms with Crippen LogP contribution >= 0.6 is 34.8 Å². The third-order valence-electron chi connectivity index (χ3n) is 6.77. The van der Waals surface area contributed by atoms with Gasteiger partial charge in [-0.3, -0.25) is 9.69 Å². The van der Waals surface area contributed by atoms with Gasteiger partial charge in [-0.1, -0.05) is 53.0 Å². The van der Waals surface area contributed by atoms with Crippen molar-refractivity contribution >= 4 is 40.7 Å². The van der Waals surface area contributed by atoms with E-state index >= 15 is 0 Å². The number of methoxy groups -OCH3 is 3. The number of hydrogen-bond donors (Lipinski definition) is 0. The summed E-state index contributed by atoms with van der Waals surface area (Å²) >= 11 is 18.5. The molecular formula is C28H29Cl3N2O4. The first-order valence-electron chi connectivity index (χ1n) is 11.7. The van der Waals surface area contributed by atoms with Crippen LogP contribution in [0.2, 0.25) is 15.1 Å². The molecule has 0 N–H and O–H groups in total. The largest absolute Gasteiger partial charge is 0.493 e. The van der Waals surface area contributed by atoms with E-state index in [9.17, 15) is 4.79 Å². The lowest BCUT2D eigenvalue weighted by atomic mass is 9.93. The Hall–Kier alpha value is -2.64. The number of halogens is 3. The van der Waals surface area contributed by atoms with E-state index in [1.54, 1.807) is 18.2 Å². The van der Waals surface area contributed by atoms with Crippen LogP contribution in [0.25, 0.3) is 0 Å². The summed E-state index contributed by atoms with van der Waals surface area (Å²) in [6, 6.07) is 16.9. The van der Waals surface area contributed by atoms with Crippen molar-refractivity contribution in [3.63, 3.8) is 0 Å². The predicted molar refractivity (Wildman–Crippen MR) is 148 cm³/mol. The van der Waals surface area contributed by atoms with Crippen molar-refractivity contribution in [1.82, 2.24) is 9.80 Å². The minimum absolute atomic E-state index is 0.0571. The lowest BCUT2D eigenvalue weighted by Crippen LogP contribution is -2.38. The molecule has 3 aromatic rings. The van der Waals surface area contributed by atoms with Gasteiger partial charge < -0.3 is 19.1 Å². The standard InChI is InChI=1S/C28H29Cl3N2O4/c1-32(14-17-5-10-22(30)23(31)11-17)24-16-33(15-21(24)18-6-8-20(29)9-7-18)28(34)19-12-25(35-2)27(37-4)26(13-19)36-3/h5-13,21,24H,14-16H2,1-4H3. The average Bonchev–Trinajstić information content (AvgIpc) is 3.35. The molecule has 1 aliphatic heterocycles. The fourth-order valence-electron chi connectivity index (χ4n) is 4.87. The zero-order valence-electron chi connectivity index (χ0n) is 21.1. The molecule has 1 amide bonds. The normalized spacial score (nSPS) is 17.2. The van der Waals surface area contributed by atoms with Gasteiger partial charge in [0.2, 0.25) is 5.75 Å². The summed E-state index contributed by atoms with van der Waals surface area (Å²) < 4.78 is 16.3. The second-order valence-electron chi connectivity index (χ2n) is 9.01. The number of hydrogen-bond acceptors (Lipinski definition) is 5. The van der Waals surface area contributed by atoms with E-state index in [1.807, 2.05) is 41.3 Å². The minimum Gasteiger partial charge on any atom is -0.493 e. The maximum atomic E-state index is 13.7. The molecular weight excluding hydrogens is 535 g/mol. The van der Waals surface area contributed by atoms with Crippen molar-refractivity contribution in [3.8, 4) is 17.2 Å². The molecule has 9 heteroatoms. The highest BCUT2D eigenvalue weighted by atomic mass is 35.5. The highest BCUT2D eigenvalue weighted by Crippen LogP contribution is 2.40. The smallest absolute Gasteiger partial charge is 0.254 e. The molecule has 4 rings (SSSR count). The molecule has 0 bridgehead atoms. The number of benzene rings is 3. The Labute approximate surface area is 232 Å². The van der Waals surface area contributed by atoms with Crippen molar-refractivity contribution in [2.24, 2.45) is 0 Å². The molecule has 1 aliphatic rings. The topological polar surface area (TPSA) is 51.2 Å². The fraction of sp³-hybridized carbons (Fsp3) is 0.321. The summed E-state index contributed by atoms with van der Waals surface area (Å²) in [7, 11) is 6.66. The first kappa shape index (κ1) is 27.4. The van der Waals surface area contributed by atoms with Gasteiger partial charge in [-0.25, -0.2) is 0 Å². The van der Waals surface area contributed by atoms with Crippen molar-refractivity contribution in [2.75, 3.05) is 41.5 Å². The fourth-order valence-corrected chi connectivity index (χ4v) is 5.31. The number of ether oxygens (including phenoxy) is 3. The Morgan fingerprint density at radius 2 is 1.54 bits per heavy atom. The van der Waals surface area contributed by atoms with Gasteiger partial charge in [0.15, 0.2) is 11.5 Å². The number of carbonyl (C=O) groups excluding carboxylic acids is 1. The van der Waals surface area contributed by atoms with Gasteiger partial charge in [-0.05, 0) is 54.6 Å². The van der Waals surface area contributed by atoms with Crippen molar-refractivity contribution < 1.29 is 19.0 Å². The van der Waals surface area contributed by atoms with Crippen LogP contribution in [0.3, 0.4) is 0 Å². The van der Waals surface area contributed by atoms with E-state index < -0.39 is 0 Å². The van der Waals surface area contributed by atoms with Gasteiger partial charge in [-0.15, -0.1) is 0 Å². The molecule has 0 aliphatic carbocycles. The Morgan fingerprint density at radius 1 is 0.892 bits per heavy atom. The quantitative estimate of drug-likeness (QED) is 0.317. The van der Waals surface area contributed by atoms with Crippen molar-refractivity contribution in [2.45, 2.75) is 18.5 Å². The average molecular weight is 564 g/mol. The van der Waals surface area contributed by atoms with E-state index in [2.05, 4.69) is 11.9 Å². The van der Waals surface area contributed by atoms with Gasteiger partial charge >= 0.3 is 0 Å². The van der Waals surface area contributed by atoms with Gasteiger partial charge in [0.1, 0.15) is 0 Å². The molecule has 1 saturated heterocycles. The van der Waals surface area contributed by atoms with Crippen LogP contribution < -0.4 is 14.2 Å². The number of nitrogens with zero attached hydrogens (tertiary/aromatic N) is 2. The summed E-state index contributed by atoms with van der Waals surface area (Å²) in [6.07, 6.45) is 0. The molecule has 37 heavy (non-hydrogen) atoms. The molecule has 1 fully saturated rings. The van der Waals surface area contributed by atoms with Crippen molar-refractivity contribution in [1.29, 1.82) is 0 Å². The van der Waals surface area contributed by atoms with Crippen LogP contribution in [0.1, 0.15) is 27.4 Å². The van der Waals surface area contributed by atoms with Gasteiger partial charge in [0.25, 0.3) is 5.91 Å². The highest BCUT2D eigenvalue weighted by Gasteiger charge is 2.39. The lowest BCUT2D eigenvalue weighted by Gasteiger charge is -2.29. The van der Waals surface area contributed by atoms with Gasteiger partial charge in [0.05, 0.1) is 31.4 Å². The third kappa shape index (κ3) is 5.93. The maximum Gasteiger partial charge on any atom is 0.254 e. The highest BCUT2D eigenvalue weighted by molar-refractivity contribution is 6.42. The molecule has 1 heterocycles. The summed E-state index contributed by atoms with van der Waals surface area (Å²) in [5.41, 5.74) is 2.63. The van der Waals surface area contributed by atoms with Gasteiger partial charge in [-0.2, -0.15) is 0 Å². The monoisotopic (exact) mass is 562 g/mol. The van der Waals surface area contributed by atoms with Crippen LogP contribution in [-0.2, 0) is 6.54 Å². The molecule has 3 aromatic carbocycles. The van der Waals surface area contributed by atoms with E-state index in [-0.39, 0.29) is 17.9 Å². The Kier molecular flexibility index (Phi) is 8.75. The number of amides is 1. The van der Waals surface area contributed by atoms with Crippen LogP contribution in [0.5, 0.6) is 17.2 Å². The molecule has 2 unspecified atom stereocenters. The molecule has 196 valence electrons. The number of likely N-dealkylation sites (N-methyl/N-ethyl adjacent to an activating group) is 1. The van der Waals surface area contributed by atoms with Crippen molar-refractivity contribution in [3.05, 3.63) is 86.4 Å². The molecule has 0 radical (unpaired) electrons. The van der Waals surface area contributed by atoms with E-state index in [0.717, 1.165) is 11.1 Å². The first-order valence-corrected chi connectivity index (χ1v) is 12.9. The first-order chi connectivity index (χ1) is 17.7. The SMILES string of the molecule is COc1cc(C(=O)N2CC(c3ccc(Cl)cc3)C(N(C)Cc3ccc(Cl)c(Cl)c3)C2)cc(OC)c1OC.